The Kier molecular flexibility index (Phi) is 4.60. The molecule has 1 amide bonds. The molecular weight excluding hydrogens is 240 g/mol. The largest absolute Gasteiger partial charge is 0.334 e. The van der Waals surface area contributed by atoms with Crippen molar-refractivity contribution in [2.75, 3.05) is 0 Å². The van der Waals surface area contributed by atoms with E-state index in [4.69, 9.17) is 5.84 Å². The highest BCUT2D eigenvalue weighted by Gasteiger charge is 2.17. The van der Waals surface area contributed by atoms with E-state index >= 15 is 0 Å². The number of hydrogen-bond acceptors (Lipinski definition) is 5. The number of nitrogens with one attached hydrogen (secondary N) is 1. The normalized spacial score (nSPS) is 9.12. The molecule has 88 valence electrons. The summed E-state index contributed by atoms with van der Waals surface area (Å²) in [6.45, 7) is 0. The molecule has 1 aromatic rings. The summed E-state index contributed by atoms with van der Waals surface area (Å²) in [5.74, 6) is 4.16. The van der Waals surface area contributed by atoms with Gasteiger partial charge in [-0.2, -0.15) is 0 Å². The van der Waals surface area contributed by atoms with Crippen molar-refractivity contribution in [2.24, 2.45) is 12.9 Å². The van der Waals surface area contributed by atoms with Gasteiger partial charge in [0.05, 0.1) is 10.5 Å². The summed E-state index contributed by atoms with van der Waals surface area (Å²) < 4.78 is 0.947. The maximum Gasteiger partial charge on any atom is 0.334 e. The predicted octanol–water partition coefficient (Wildman–Crippen LogP) is -0.681. The summed E-state index contributed by atoms with van der Waals surface area (Å²) in [4.78, 5) is 31.9. The molecule has 8 nitrogen and oxygen atoms in total. The van der Waals surface area contributed by atoms with E-state index in [2.05, 4.69) is 0 Å². The molecule has 0 spiro atoms. The molecule has 0 radical (unpaired) electrons. The second-order valence-electron chi connectivity index (χ2n) is 2.76. The first kappa shape index (κ1) is 14.1. The molecule has 0 aliphatic rings. The van der Waals surface area contributed by atoms with Gasteiger partial charge in [0.2, 0.25) is 0 Å². The van der Waals surface area contributed by atoms with E-state index in [1.54, 1.807) is 0 Å². The number of hydrazine groups is 1. The lowest BCUT2D eigenvalue weighted by molar-refractivity contribution is -0.386. The number of nitro groups is 1. The number of carbonyl (C=O) groups is 1. The molecule has 0 aromatic carbocycles. The van der Waals surface area contributed by atoms with Gasteiger partial charge in [0.15, 0.2) is 0 Å². The number of amides is 1. The Morgan fingerprint density at radius 3 is 2.62 bits per heavy atom. The van der Waals surface area contributed by atoms with Gasteiger partial charge in [0.1, 0.15) is 0 Å². The Morgan fingerprint density at radius 1 is 1.62 bits per heavy atom. The predicted molar refractivity (Wildman–Crippen MR) is 57.2 cm³/mol. The van der Waals surface area contributed by atoms with Gasteiger partial charge < -0.3 is 4.57 Å². The van der Waals surface area contributed by atoms with Crippen molar-refractivity contribution in [1.82, 2.24) is 9.99 Å². The quantitative estimate of drug-likeness (QED) is 0.311. The zero-order chi connectivity index (χ0) is 11.6. The third-order valence-corrected chi connectivity index (χ3v) is 1.75. The Morgan fingerprint density at radius 2 is 2.19 bits per heavy atom. The van der Waals surface area contributed by atoms with Gasteiger partial charge in [-0.3, -0.25) is 25.1 Å². The van der Waals surface area contributed by atoms with E-state index < -0.39 is 22.1 Å². The topological polar surface area (TPSA) is 120 Å². The lowest BCUT2D eigenvalue weighted by atomic mass is 10.2. The fraction of sp³-hybridized carbons (Fsp3) is 0.143. The lowest BCUT2D eigenvalue weighted by Gasteiger charge is -2.02. The molecule has 0 bridgehead atoms. The first-order valence-corrected chi connectivity index (χ1v) is 3.83. The first-order valence-electron chi connectivity index (χ1n) is 3.83. The van der Waals surface area contributed by atoms with Gasteiger partial charge in [-0.15, -0.1) is 12.4 Å². The molecule has 0 atom stereocenters. The first-order chi connectivity index (χ1) is 6.97. The van der Waals surface area contributed by atoms with E-state index in [9.17, 15) is 19.7 Å². The number of carbonyl (C=O) groups excluding carboxylic acids is 1. The van der Waals surface area contributed by atoms with E-state index in [0.717, 1.165) is 16.8 Å². The maximum atomic E-state index is 11.2. The van der Waals surface area contributed by atoms with Crippen molar-refractivity contribution in [1.29, 1.82) is 0 Å². The van der Waals surface area contributed by atoms with Crippen LogP contribution in [0.15, 0.2) is 17.1 Å². The van der Waals surface area contributed by atoms with Crippen molar-refractivity contribution in [2.45, 2.75) is 0 Å². The van der Waals surface area contributed by atoms with Gasteiger partial charge in [-0.05, 0) is 0 Å². The molecule has 1 aromatic heterocycles. The van der Waals surface area contributed by atoms with Gasteiger partial charge >= 0.3 is 11.2 Å². The zero-order valence-electron chi connectivity index (χ0n) is 8.17. The number of nitrogen functional groups attached to an aromatic ring is 1. The number of halogens is 1. The van der Waals surface area contributed by atoms with Gasteiger partial charge in [0.25, 0.3) is 5.91 Å². The van der Waals surface area contributed by atoms with Crippen molar-refractivity contribution in [3.8, 4) is 0 Å². The van der Waals surface area contributed by atoms with E-state index in [1.165, 1.54) is 7.05 Å². The molecule has 16 heavy (non-hydrogen) atoms. The van der Waals surface area contributed by atoms with Gasteiger partial charge in [0, 0.05) is 19.3 Å². The minimum absolute atomic E-state index is 0. The highest BCUT2D eigenvalue weighted by Crippen LogP contribution is 2.06. The minimum Gasteiger partial charge on any atom is -0.312 e. The van der Waals surface area contributed by atoms with E-state index in [-0.39, 0.29) is 18.0 Å². The van der Waals surface area contributed by atoms with Crippen LogP contribution in [0.2, 0.25) is 0 Å². The molecule has 0 unspecified atom stereocenters. The number of hydrogen-bond donors (Lipinski definition) is 2. The molecule has 3 N–H and O–H groups in total. The molecule has 0 fully saturated rings. The second-order valence-corrected chi connectivity index (χ2v) is 2.76. The Labute approximate surface area is 95.6 Å². The number of nitrogens with two attached hydrogens (primary N) is 1. The van der Waals surface area contributed by atoms with Crippen LogP contribution < -0.4 is 16.8 Å². The molecule has 0 saturated carbocycles. The Balaban J connectivity index is 0.00000225. The maximum absolute atomic E-state index is 11.2. The monoisotopic (exact) mass is 248 g/mol. The molecule has 1 rings (SSSR count). The van der Waals surface area contributed by atoms with Crippen LogP contribution in [0.3, 0.4) is 0 Å². The van der Waals surface area contributed by atoms with Crippen LogP contribution in [0.25, 0.3) is 0 Å². The third kappa shape index (κ3) is 2.55. The van der Waals surface area contributed by atoms with Crippen molar-refractivity contribution in [3.63, 3.8) is 0 Å². The Hall–Kier alpha value is -1.93. The molecule has 0 aliphatic carbocycles. The summed E-state index contributed by atoms with van der Waals surface area (Å²) in [5.41, 5.74) is 0.316. The van der Waals surface area contributed by atoms with Crippen LogP contribution >= 0.6 is 12.4 Å². The summed E-state index contributed by atoms with van der Waals surface area (Å²) in [6, 6.07) is 0.879. The fourth-order valence-electron chi connectivity index (χ4n) is 1.03. The Bertz CT molecular complexity index is 484. The molecule has 0 aliphatic heterocycles. The number of nitrogens with zero attached hydrogens (tertiary/aromatic N) is 2. The number of rotatable bonds is 2. The van der Waals surface area contributed by atoms with Crippen molar-refractivity contribution in [3.05, 3.63) is 38.3 Å². The highest BCUT2D eigenvalue weighted by atomic mass is 35.5. The summed E-state index contributed by atoms with van der Waals surface area (Å²) in [7, 11) is 1.31. The molecule has 1 heterocycles. The van der Waals surface area contributed by atoms with Crippen LogP contribution in [0.1, 0.15) is 10.4 Å². The fourth-order valence-corrected chi connectivity index (χ4v) is 1.03. The number of aryl methyl sites for hydroxylation is 1. The summed E-state index contributed by atoms with van der Waals surface area (Å²) in [6.07, 6.45) is 1.16. The van der Waals surface area contributed by atoms with Crippen LogP contribution in [0, 0.1) is 10.1 Å². The summed E-state index contributed by atoms with van der Waals surface area (Å²) in [5, 5.41) is 10.5. The lowest BCUT2D eigenvalue weighted by Crippen LogP contribution is -2.31. The van der Waals surface area contributed by atoms with Crippen molar-refractivity contribution < 1.29 is 9.72 Å². The highest BCUT2D eigenvalue weighted by molar-refractivity contribution is 5.93. The molecule has 9 heteroatoms. The average Bonchev–Trinajstić information content (AvgIpc) is 2.20. The molecule has 0 saturated heterocycles. The number of aromatic nitrogens is 1. The van der Waals surface area contributed by atoms with E-state index in [1.807, 2.05) is 5.43 Å². The van der Waals surface area contributed by atoms with Crippen molar-refractivity contribution >= 4 is 24.0 Å². The van der Waals surface area contributed by atoms with Crippen LogP contribution in [0.4, 0.5) is 5.69 Å². The van der Waals surface area contributed by atoms with E-state index in [0.29, 0.717) is 0 Å². The second kappa shape index (κ2) is 5.24. The number of pyridine rings is 1. The smallest absolute Gasteiger partial charge is 0.312 e. The SMILES string of the molecule is Cl.Cn1cc(C(=O)NN)cc([N+](=O)[O-])c1=O. The molecular formula is C7H9ClN4O4. The van der Waals surface area contributed by atoms with Crippen LogP contribution in [-0.4, -0.2) is 15.4 Å². The van der Waals surface area contributed by atoms with Gasteiger partial charge in [-0.1, -0.05) is 0 Å². The third-order valence-electron chi connectivity index (χ3n) is 1.75. The zero-order valence-corrected chi connectivity index (χ0v) is 8.98. The van der Waals surface area contributed by atoms with Gasteiger partial charge in [-0.25, -0.2) is 5.84 Å². The summed E-state index contributed by atoms with van der Waals surface area (Å²) >= 11 is 0. The average molecular weight is 249 g/mol. The standard InChI is InChI=1S/C7H8N4O4.ClH/c1-10-3-4(6(12)9-8)2-5(7(10)13)11(14)15;/h2-3H,8H2,1H3,(H,9,12);1H. The van der Waals surface area contributed by atoms with Crippen LogP contribution in [0.5, 0.6) is 0 Å². The minimum atomic E-state index is -0.852. The van der Waals surface area contributed by atoms with Crippen LogP contribution in [-0.2, 0) is 7.05 Å².